The number of anilines is 1. The van der Waals surface area contributed by atoms with Gasteiger partial charge in [0.2, 0.25) is 0 Å². The number of non-ortho nitro benzene ring substituents is 1. The quantitative estimate of drug-likeness (QED) is 0.315. The van der Waals surface area contributed by atoms with Gasteiger partial charge >= 0.3 is 0 Å². The molecule has 0 spiro atoms. The Balaban J connectivity index is 1.67. The van der Waals surface area contributed by atoms with Gasteiger partial charge in [0.05, 0.1) is 26.7 Å². The molecule has 1 N–H and O–H groups in total. The third-order valence-electron chi connectivity index (χ3n) is 4.84. The molecule has 0 saturated heterocycles. The van der Waals surface area contributed by atoms with E-state index in [1.165, 1.54) is 12.1 Å². The first-order valence-corrected chi connectivity index (χ1v) is 11.2. The summed E-state index contributed by atoms with van der Waals surface area (Å²) in [7, 11) is -3.77. The standard InChI is InChI=1S/C24H19N3O4S/c1-17-8-14-22(15-9-17)32(30,31)26-23-7-3-5-19-11-13-20(25-24(19)23)12-10-18-4-2-6-21(16-18)27(28)29/h2-16,26H,1H3/b12-10+. The number of pyridine rings is 1. The van der Waals surface area contributed by atoms with E-state index in [0.717, 1.165) is 10.9 Å². The van der Waals surface area contributed by atoms with E-state index in [-0.39, 0.29) is 10.6 Å². The average molecular weight is 446 g/mol. The average Bonchev–Trinajstić information content (AvgIpc) is 2.78. The fourth-order valence-corrected chi connectivity index (χ4v) is 4.25. The Hall–Kier alpha value is -4.04. The number of fused-ring (bicyclic) bond motifs is 1. The minimum atomic E-state index is -3.77. The molecule has 0 aliphatic rings. The molecule has 1 heterocycles. The summed E-state index contributed by atoms with van der Waals surface area (Å²) in [5, 5.41) is 11.7. The van der Waals surface area contributed by atoms with E-state index in [1.807, 2.05) is 19.1 Å². The number of aromatic nitrogens is 1. The minimum Gasteiger partial charge on any atom is -0.277 e. The third kappa shape index (κ3) is 4.65. The first kappa shape index (κ1) is 21.2. The van der Waals surface area contributed by atoms with Crippen LogP contribution in [0.15, 0.2) is 83.8 Å². The van der Waals surface area contributed by atoms with Crippen molar-refractivity contribution in [2.75, 3.05) is 4.72 Å². The van der Waals surface area contributed by atoms with Crippen molar-refractivity contribution in [2.45, 2.75) is 11.8 Å². The van der Waals surface area contributed by atoms with Gasteiger partial charge in [0.15, 0.2) is 0 Å². The van der Waals surface area contributed by atoms with Crippen molar-refractivity contribution < 1.29 is 13.3 Å². The molecule has 7 nitrogen and oxygen atoms in total. The van der Waals surface area contributed by atoms with Crippen LogP contribution in [0.5, 0.6) is 0 Å². The van der Waals surface area contributed by atoms with Crippen molar-refractivity contribution in [3.05, 3.63) is 106 Å². The molecule has 0 atom stereocenters. The Morgan fingerprint density at radius 2 is 1.69 bits per heavy atom. The number of aryl methyl sites for hydroxylation is 1. The van der Waals surface area contributed by atoms with E-state index < -0.39 is 14.9 Å². The van der Waals surface area contributed by atoms with Gasteiger partial charge in [-0.05, 0) is 42.8 Å². The number of nitrogens with one attached hydrogen (secondary N) is 1. The SMILES string of the molecule is Cc1ccc(S(=O)(=O)Nc2cccc3ccc(/C=C/c4cccc([N+](=O)[O-])c4)nc23)cc1. The van der Waals surface area contributed by atoms with Crippen molar-refractivity contribution in [3.8, 4) is 0 Å². The summed E-state index contributed by atoms with van der Waals surface area (Å²) in [6.45, 7) is 1.89. The van der Waals surface area contributed by atoms with Gasteiger partial charge < -0.3 is 0 Å². The van der Waals surface area contributed by atoms with Crippen molar-refractivity contribution in [2.24, 2.45) is 0 Å². The van der Waals surface area contributed by atoms with E-state index >= 15 is 0 Å². The molecule has 0 saturated carbocycles. The predicted molar refractivity (Wildman–Crippen MR) is 126 cm³/mol. The second-order valence-electron chi connectivity index (χ2n) is 7.22. The topological polar surface area (TPSA) is 102 Å². The number of rotatable bonds is 6. The number of benzene rings is 3. The monoisotopic (exact) mass is 445 g/mol. The lowest BCUT2D eigenvalue weighted by atomic mass is 10.1. The van der Waals surface area contributed by atoms with Crippen LogP contribution in [0.3, 0.4) is 0 Å². The summed E-state index contributed by atoms with van der Waals surface area (Å²) < 4.78 is 28.3. The maximum absolute atomic E-state index is 12.8. The summed E-state index contributed by atoms with van der Waals surface area (Å²) in [6, 6.07) is 21.8. The summed E-state index contributed by atoms with van der Waals surface area (Å²) in [4.78, 5) is 15.3. The molecule has 0 unspecified atom stereocenters. The van der Waals surface area contributed by atoms with Gasteiger partial charge in [-0.1, -0.05) is 54.1 Å². The largest absolute Gasteiger partial charge is 0.277 e. The van der Waals surface area contributed by atoms with Crippen molar-refractivity contribution in [1.82, 2.24) is 4.98 Å². The number of para-hydroxylation sites is 1. The first-order chi connectivity index (χ1) is 15.3. The van der Waals surface area contributed by atoms with Crippen LogP contribution in [0.1, 0.15) is 16.8 Å². The summed E-state index contributed by atoms with van der Waals surface area (Å²) in [5.41, 5.74) is 3.10. The van der Waals surface area contributed by atoms with Gasteiger partial charge in [0.25, 0.3) is 15.7 Å². The maximum Gasteiger partial charge on any atom is 0.270 e. The number of sulfonamides is 1. The first-order valence-electron chi connectivity index (χ1n) is 9.74. The number of nitro groups is 1. The molecule has 3 aromatic carbocycles. The smallest absolute Gasteiger partial charge is 0.270 e. The Morgan fingerprint density at radius 3 is 2.44 bits per heavy atom. The molecule has 1 aromatic heterocycles. The molecule has 4 aromatic rings. The molecule has 0 fully saturated rings. The zero-order chi connectivity index (χ0) is 22.7. The lowest BCUT2D eigenvalue weighted by Crippen LogP contribution is -2.13. The van der Waals surface area contributed by atoms with Gasteiger partial charge in [0.1, 0.15) is 0 Å². The molecule has 32 heavy (non-hydrogen) atoms. The van der Waals surface area contributed by atoms with E-state index in [1.54, 1.807) is 66.7 Å². The van der Waals surface area contributed by atoms with Crippen molar-refractivity contribution in [3.63, 3.8) is 0 Å². The van der Waals surface area contributed by atoms with Crippen LogP contribution >= 0.6 is 0 Å². The summed E-state index contributed by atoms with van der Waals surface area (Å²) in [5.74, 6) is 0. The molecule has 4 rings (SSSR count). The van der Waals surface area contributed by atoms with Crippen molar-refractivity contribution >= 4 is 44.5 Å². The van der Waals surface area contributed by atoms with Gasteiger partial charge in [-0.3, -0.25) is 14.8 Å². The summed E-state index contributed by atoms with van der Waals surface area (Å²) in [6.07, 6.45) is 3.45. The Labute approximate surface area is 185 Å². The molecule has 0 aliphatic carbocycles. The lowest BCUT2D eigenvalue weighted by Gasteiger charge is -2.11. The highest BCUT2D eigenvalue weighted by atomic mass is 32.2. The lowest BCUT2D eigenvalue weighted by molar-refractivity contribution is -0.384. The van der Waals surface area contributed by atoms with Crippen molar-refractivity contribution in [1.29, 1.82) is 0 Å². The predicted octanol–water partition coefficient (Wildman–Crippen LogP) is 5.42. The highest BCUT2D eigenvalue weighted by Gasteiger charge is 2.16. The molecule has 160 valence electrons. The number of nitro benzene ring substituents is 1. The van der Waals surface area contributed by atoms with Gasteiger partial charge in [-0.25, -0.2) is 13.4 Å². The van der Waals surface area contributed by atoms with Crippen LogP contribution in [0.4, 0.5) is 11.4 Å². The van der Waals surface area contributed by atoms with Gasteiger partial charge in [-0.15, -0.1) is 0 Å². The molecule has 0 aliphatic heterocycles. The normalized spacial score (nSPS) is 11.7. The van der Waals surface area contributed by atoms with Crippen LogP contribution < -0.4 is 4.72 Å². The third-order valence-corrected chi connectivity index (χ3v) is 6.23. The Morgan fingerprint density at radius 1 is 0.938 bits per heavy atom. The highest BCUT2D eigenvalue weighted by Crippen LogP contribution is 2.25. The van der Waals surface area contributed by atoms with Crippen LogP contribution in [-0.4, -0.2) is 18.3 Å². The molecule has 0 radical (unpaired) electrons. The number of hydrogen-bond acceptors (Lipinski definition) is 5. The molecule has 0 amide bonds. The van der Waals surface area contributed by atoms with E-state index in [4.69, 9.17) is 0 Å². The fraction of sp³-hybridized carbons (Fsp3) is 0.0417. The zero-order valence-corrected chi connectivity index (χ0v) is 17.9. The Bertz CT molecular complexity index is 1450. The van der Waals surface area contributed by atoms with Crippen LogP contribution in [0.2, 0.25) is 0 Å². The van der Waals surface area contributed by atoms with Crippen LogP contribution in [-0.2, 0) is 10.0 Å². The van der Waals surface area contributed by atoms with Crippen LogP contribution in [0.25, 0.3) is 23.1 Å². The highest BCUT2D eigenvalue weighted by molar-refractivity contribution is 7.92. The fourth-order valence-electron chi connectivity index (χ4n) is 3.18. The zero-order valence-electron chi connectivity index (χ0n) is 17.1. The second-order valence-corrected chi connectivity index (χ2v) is 8.90. The van der Waals surface area contributed by atoms with Gasteiger partial charge in [0, 0.05) is 17.5 Å². The van der Waals surface area contributed by atoms with E-state index in [9.17, 15) is 18.5 Å². The van der Waals surface area contributed by atoms with E-state index in [0.29, 0.717) is 22.5 Å². The molecule has 8 heteroatoms. The minimum absolute atomic E-state index is 0.00594. The second kappa shape index (κ2) is 8.60. The number of nitrogens with zero attached hydrogens (tertiary/aromatic N) is 2. The van der Waals surface area contributed by atoms with E-state index in [2.05, 4.69) is 9.71 Å². The molecule has 0 bridgehead atoms. The number of hydrogen-bond donors (Lipinski definition) is 1. The Kier molecular flexibility index (Phi) is 5.70. The maximum atomic E-state index is 12.8. The van der Waals surface area contributed by atoms with Gasteiger partial charge in [-0.2, -0.15) is 0 Å². The molecular formula is C24H19N3O4S. The summed E-state index contributed by atoms with van der Waals surface area (Å²) >= 11 is 0. The molecular weight excluding hydrogens is 426 g/mol. The van der Waals surface area contributed by atoms with Crippen LogP contribution in [0, 0.1) is 17.0 Å².